The van der Waals surface area contributed by atoms with E-state index in [1.807, 2.05) is 0 Å². The van der Waals surface area contributed by atoms with Crippen LogP contribution in [0.5, 0.6) is 0 Å². The minimum atomic E-state index is -4.95. The molecule has 3 N–H and O–H groups in total. The van der Waals surface area contributed by atoms with Gasteiger partial charge in [0.25, 0.3) is 0 Å². The third kappa shape index (κ3) is 58.4. The van der Waals surface area contributed by atoms with E-state index < -0.39 is 97.5 Å². The molecule has 0 spiro atoms. The maximum absolute atomic E-state index is 13.0. The van der Waals surface area contributed by atoms with Crippen LogP contribution in [0.2, 0.25) is 0 Å². The molecule has 0 aliphatic rings. The van der Waals surface area contributed by atoms with Crippen molar-refractivity contribution in [2.45, 2.75) is 349 Å². The van der Waals surface area contributed by atoms with Gasteiger partial charge in [-0.2, -0.15) is 0 Å². The highest BCUT2D eigenvalue weighted by Crippen LogP contribution is 2.45. The smallest absolute Gasteiger partial charge is 0.462 e. The molecule has 0 aromatic rings. The van der Waals surface area contributed by atoms with Crippen LogP contribution in [-0.2, 0) is 65.4 Å². The summed E-state index contributed by atoms with van der Waals surface area (Å²) in [5, 5.41) is 10.6. The summed E-state index contributed by atoms with van der Waals surface area (Å²) in [5.41, 5.74) is 0. The predicted octanol–water partition coefficient (Wildman–Crippen LogP) is 18.7. The Kier molecular flexibility index (Phi) is 56.9. The fourth-order valence-corrected chi connectivity index (χ4v) is 11.5. The number of carbonyl (C=O) groups excluding carboxylic acids is 4. The zero-order chi connectivity index (χ0) is 63.8. The average molecular weight is 1270 g/mol. The Balaban J connectivity index is 5.25. The number of unbranched alkanes of at least 4 members (excludes halogenated alkanes) is 31. The van der Waals surface area contributed by atoms with Crippen LogP contribution in [-0.4, -0.2) is 96.7 Å². The Labute approximate surface area is 524 Å². The SMILES string of the molecule is CCCCCCCCCCCC(=O)OC[C@H](COP(=O)(O)OC[C@H](O)COP(=O)(O)OC[C@@H](COC(=O)CCCCCCCCCCC(C)CC)OC(=O)CCCCCCCCCCCCCCC(C)C)OC(=O)CCCCCCCCC(C)CC. The molecule has 4 unspecified atom stereocenters. The number of aliphatic hydroxyl groups excluding tert-OH is 1. The number of carbonyl (C=O) groups is 4. The Bertz CT molecular complexity index is 1700. The maximum Gasteiger partial charge on any atom is 0.472 e. The fraction of sp³-hybridized carbons (Fsp3) is 0.940. The van der Waals surface area contributed by atoms with Crippen molar-refractivity contribution in [2.24, 2.45) is 17.8 Å². The van der Waals surface area contributed by atoms with Crippen molar-refractivity contribution in [3.05, 3.63) is 0 Å². The Morgan fingerprint density at radius 2 is 0.593 bits per heavy atom. The molecule has 0 aliphatic carbocycles. The van der Waals surface area contributed by atoms with Gasteiger partial charge >= 0.3 is 39.5 Å². The van der Waals surface area contributed by atoms with Crippen LogP contribution < -0.4 is 0 Å². The first-order valence-electron chi connectivity index (χ1n) is 34.9. The lowest BCUT2D eigenvalue weighted by Gasteiger charge is -2.21. The summed E-state index contributed by atoms with van der Waals surface area (Å²) in [6.07, 6.45) is 40.3. The summed E-state index contributed by atoms with van der Waals surface area (Å²) in [4.78, 5) is 72.3. The van der Waals surface area contributed by atoms with Gasteiger partial charge in [-0.05, 0) is 43.4 Å². The average Bonchev–Trinajstić information content (AvgIpc) is 3.55. The quantitative estimate of drug-likeness (QED) is 0.0222. The van der Waals surface area contributed by atoms with Gasteiger partial charge in [-0.15, -0.1) is 0 Å². The molecule has 7 atom stereocenters. The van der Waals surface area contributed by atoms with Gasteiger partial charge in [0, 0.05) is 25.7 Å². The highest BCUT2D eigenvalue weighted by atomic mass is 31.2. The van der Waals surface area contributed by atoms with Crippen molar-refractivity contribution < 1.29 is 80.2 Å². The van der Waals surface area contributed by atoms with Crippen molar-refractivity contribution >= 4 is 39.5 Å². The molecule has 0 saturated carbocycles. The Morgan fingerprint density at radius 3 is 0.884 bits per heavy atom. The summed E-state index contributed by atoms with van der Waals surface area (Å²) in [7, 11) is -9.89. The second-order valence-corrected chi connectivity index (χ2v) is 28.1. The minimum Gasteiger partial charge on any atom is -0.462 e. The molecule has 510 valence electrons. The number of esters is 4. The van der Waals surface area contributed by atoms with Crippen LogP contribution in [0.3, 0.4) is 0 Å². The topological polar surface area (TPSA) is 237 Å². The fourth-order valence-electron chi connectivity index (χ4n) is 9.95. The van der Waals surface area contributed by atoms with E-state index in [0.717, 1.165) is 108 Å². The zero-order valence-corrected chi connectivity index (χ0v) is 57.6. The first kappa shape index (κ1) is 84.1. The lowest BCUT2D eigenvalue weighted by Crippen LogP contribution is -2.30. The van der Waals surface area contributed by atoms with Crippen LogP contribution in [0.25, 0.3) is 0 Å². The molecule has 0 aliphatic heterocycles. The molecule has 0 aromatic heterocycles. The summed E-state index contributed by atoms with van der Waals surface area (Å²) in [5.74, 6) is 0.140. The van der Waals surface area contributed by atoms with Crippen molar-refractivity contribution in [1.82, 2.24) is 0 Å². The van der Waals surface area contributed by atoms with E-state index in [0.29, 0.717) is 25.7 Å². The second-order valence-electron chi connectivity index (χ2n) is 25.2. The predicted molar refractivity (Wildman–Crippen MR) is 344 cm³/mol. The van der Waals surface area contributed by atoms with E-state index in [-0.39, 0.29) is 25.7 Å². The zero-order valence-electron chi connectivity index (χ0n) is 55.8. The van der Waals surface area contributed by atoms with Gasteiger partial charge in [0.05, 0.1) is 26.4 Å². The number of phosphoric acid groups is 2. The number of phosphoric ester groups is 2. The molecule has 0 radical (unpaired) electrons. The molecule has 0 rings (SSSR count). The Morgan fingerprint density at radius 1 is 0.337 bits per heavy atom. The molecule has 86 heavy (non-hydrogen) atoms. The molecule has 17 nitrogen and oxygen atoms in total. The van der Waals surface area contributed by atoms with Gasteiger partial charge in [0.1, 0.15) is 19.3 Å². The molecular weight excluding hydrogens is 1140 g/mol. The van der Waals surface area contributed by atoms with Crippen molar-refractivity contribution in [2.75, 3.05) is 39.6 Å². The number of rotatable bonds is 65. The van der Waals surface area contributed by atoms with E-state index in [1.54, 1.807) is 0 Å². The van der Waals surface area contributed by atoms with Gasteiger partial charge in [0.15, 0.2) is 12.2 Å². The largest absolute Gasteiger partial charge is 0.472 e. The summed E-state index contributed by atoms with van der Waals surface area (Å²) >= 11 is 0. The van der Waals surface area contributed by atoms with Crippen molar-refractivity contribution in [3.63, 3.8) is 0 Å². The highest BCUT2D eigenvalue weighted by molar-refractivity contribution is 7.47. The van der Waals surface area contributed by atoms with Crippen LogP contribution >= 0.6 is 15.6 Å². The maximum atomic E-state index is 13.0. The number of ether oxygens (including phenoxy) is 4. The van der Waals surface area contributed by atoms with E-state index >= 15 is 0 Å². The third-order valence-corrected chi connectivity index (χ3v) is 18.0. The molecule has 0 saturated heterocycles. The van der Waals surface area contributed by atoms with Crippen LogP contribution in [0.4, 0.5) is 0 Å². The molecular formula is C67H130O17P2. The number of hydrogen-bond donors (Lipinski definition) is 3. The lowest BCUT2D eigenvalue weighted by atomic mass is 9.99. The van der Waals surface area contributed by atoms with Crippen LogP contribution in [0, 0.1) is 17.8 Å². The van der Waals surface area contributed by atoms with E-state index in [4.69, 9.17) is 37.0 Å². The normalized spacial score (nSPS) is 14.9. The van der Waals surface area contributed by atoms with Gasteiger partial charge in [0.2, 0.25) is 0 Å². The molecule has 0 aromatic carbocycles. The van der Waals surface area contributed by atoms with Gasteiger partial charge in [-0.1, -0.05) is 280 Å². The summed E-state index contributed by atoms with van der Waals surface area (Å²) < 4.78 is 68.1. The summed E-state index contributed by atoms with van der Waals surface area (Å²) in [6, 6.07) is 0. The Hall–Kier alpha value is -1.94. The standard InChI is InChI=1S/C67H130O17P2/c1-8-11-12-13-14-19-26-34-41-48-64(69)77-55-63(84-67(72)51-44-37-30-29-33-40-47-60(7)10-3)57-82-86(75,76)80-53-61(68)52-79-85(73,74)81-56-62(54-78-65(70)49-42-35-27-23-22-25-32-39-46-59(6)9-2)83-66(71)50-43-36-28-21-18-16-15-17-20-24-31-38-45-58(4)5/h58-63,68H,8-57H2,1-7H3,(H,73,74)(H,75,76)/t59?,60?,61-,62-,63-/m1/s1. The van der Waals surface area contributed by atoms with Gasteiger partial charge in [-0.25, -0.2) is 9.13 Å². The molecule has 19 heteroatoms. The van der Waals surface area contributed by atoms with E-state index in [2.05, 4.69) is 48.5 Å². The first-order valence-corrected chi connectivity index (χ1v) is 37.9. The van der Waals surface area contributed by atoms with Crippen LogP contribution in [0.1, 0.15) is 331 Å². The number of hydrogen-bond acceptors (Lipinski definition) is 15. The molecule has 0 fully saturated rings. The molecule has 0 heterocycles. The summed E-state index contributed by atoms with van der Waals surface area (Å²) in [6.45, 7) is 11.8. The molecule has 0 bridgehead atoms. The van der Waals surface area contributed by atoms with Gasteiger partial charge in [-0.3, -0.25) is 37.3 Å². The first-order chi connectivity index (χ1) is 41.3. The lowest BCUT2D eigenvalue weighted by molar-refractivity contribution is -0.161. The third-order valence-electron chi connectivity index (χ3n) is 16.1. The van der Waals surface area contributed by atoms with Gasteiger partial charge < -0.3 is 33.8 Å². The monoisotopic (exact) mass is 1270 g/mol. The minimum absolute atomic E-state index is 0.103. The van der Waals surface area contributed by atoms with E-state index in [1.165, 1.54) is 141 Å². The van der Waals surface area contributed by atoms with Crippen molar-refractivity contribution in [1.29, 1.82) is 0 Å². The van der Waals surface area contributed by atoms with E-state index in [9.17, 15) is 43.2 Å². The molecule has 0 amide bonds. The highest BCUT2D eigenvalue weighted by Gasteiger charge is 2.30. The second kappa shape index (κ2) is 58.2. The van der Waals surface area contributed by atoms with Crippen LogP contribution in [0.15, 0.2) is 0 Å². The van der Waals surface area contributed by atoms with Crippen molar-refractivity contribution in [3.8, 4) is 0 Å². The number of aliphatic hydroxyl groups is 1.